The number of imidazole rings is 1. The van der Waals surface area contributed by atoms with Gasteiger partial charge in [-0.05, 0) is 24.1 Å². The van der Waals surface area contributed by atoms with Crippen LogP contribution in [0.1, 0.15) is 46.2 Å². The molecule has 0 N–H and O–H groups in total. The van der Waals surface area contributed by atoms with Gasteiger partial charge in [0.25, 0.3) is 5.91 Å². The number of amides is 1. The van der Waals surface area contributed by atoms with Gasteiger partial charge < -0.3 is 9.64 Å². The van der Waals surface area contributed by atoms with Crippen LogP contribution in [-0.4, -0.2) is 60.3 Å². The van der Waals surface area contributed by atoms with E-state index >= 15 is 0 Å². The van der Waals surface area contributed by atoms with Gasteiger partial charge in [-0.25, -0.2) is 14.8 Å². The van der Waals surface area contributed by atoms with E-state index in [1.165, 1.54) is 18.9 Å². The fourth-order valence-electron chi connectivity index (χ4n) is 3.62. The Morgan fingerprint density at radius 2 is 2.16 bits per heavy atom. The van der Waals surface area contributed by atoms with Crippen LogP contribution in [0.15, 0.2) is 35.5 Å². The van der Waals surface area contributed by atoms with Crippen LogP contribution < -0.4 is 0 Å². The number of carbonyl (C=O) groups is 2. The molecule has 0 fully saturated rings. The van der Waals surface area contributed by atoms with Crippen molar-refractivity contribution in [1.82, 2.24) is 19.3 Å². The number of methoxy groups -OCH3 is 1. The molecule has 1 unspecified atom stereocenters. The second kappa shape index (κ2) is 9.41. The van der Waals surface area contributed by atoms with E-state index in [1.54, 1.807) is 30.4 Å². The highest BCUT2D eigenvalue weighted by atomic mass is 32.2. The molecule has 0 bridgehead atoms. The summed E-state index contributed by atoms with van der Waals surface area (Å²) in [5.74, 6) is 0.564. The summed E-state index contributed by atoms with van der Waals surface area (Å²) in [5, 5.41) is 0.348. The molecule has 2 aromatic heterocycles. The predicted molar refractivity (Wildman–Crippen MR) is 124 cm³/mol. The Morgan fingerprint density at radius 1 is 1.34 bits per heavy atom. The van der Waals surface area contributed by atoms with E-state index in [0.717, 1.165) is 24.0 Å². The van der Waals surface area contributed by atoms with Gasteiger partial charge in [-0.15, -0.1) is 11.8 Å². The van der Waals surface area contributed by atoms with Crippen molar-refractivity contribution < 1.29 is 18.5 Å². The lowest BCUT2D eigenvalue weighted by molar-refractivity contribution is 0.0589. The fraction of sp³-hybridized carbons (Fsp3) is 0.364. The van der Waals surface area contributed by atoms with Crippen molar-refractivity contribution in [2.45, 2.75) is 31.2 Å². The summed E-state index contributed by atoms with van der Waals surface area (Å²) in [7, 11) is 2.06. The molecule has 4 rings (SSSR count). The first-order chi connectivity index (χ1) is 15.4. The van der Waals surface area contributed by atoms with E-state index in [2.05, 4.69) is 16.9 Å². The lowest BCUT2D eigenvalue weighted by Gasteiger charge is -2.13. The summed E-state index contributed by atoms with van der Waals surface area (Å²) < 4.78 is 19.1. The van der Waals surface area contributed by atoms with Crippen molar-refractivity contribution in [2.24, 2.45) is 0 Å². The van der Waals surface area contributed by atoms with Crippen LogP contribution in [0.2, 0.25) is 0 Å². The monoisotopic (exact) mass is 472 g/mol. The SMILES string of the molecule is CCCCS(=O)CSc1c(C(=O)OC)nc(-c2ccc3c(c2)CN(C)C3=O)n2ccnc12. The Labute approximate surface area is 192 Å². The van der Waals surface area contributed by atoms with Gasteiger partial charge >= 0.3 is 5.97 Å². The highest BCUT2D eigenvalue weighted by Crippen LogP contribution is 2.33. The van der Waals surface area contributed by atoms with Gasteiger partial charge in [0.2, 0.25) is 0 Å². The molecule has 1 aromatic carbocycles. The van der Waals surface area contributed by atoms with Crippen LogP contribution in [-0.2, 0) is 22.1 Å². The van der Waals surface area contributed by atoms with Gasteiger partial charge in [-0.1, -0.05) is 19.4 Å². The number of hydrogen-bond acceptors (Lipinski definition) is 7. The molecule has 32 heavy (non-hydrogen) atoms. The molecule has 10 heteroatoms. The van der Waals surface area contributed by atoms with Crippen molar-refractivity contribution in [1.29, 1.82) is 0 Å². The highest BCUT2D eigenvalue weighted by molar-refractivity contribution is 8.10. The Bertz CT molecular complexity index is 1220. The Morgan fingerprint density at radius 3 is 2.91 bits per heavy atom. The van der Waals surface area contributed by atoms with Crippen LogP contribution in [0.5, 0.6) is 0 Å². The maximum absolute atomic E-state index is 12.6. The number of aromatic nitrogens is 3. The van der Waals surface area contributed by atoms with Gasteiger partial charge in [-0.3, -0.25) is 13.4 Å². The minimum atomic E-state index is -1.01. The summed E-state index contributed by atoms with van der Waals surface area (Å²) in [6.45, 7) is 2.58. The van der Waals surface area contributed by atoms with E-state index in [-0.39, 0.29) is 11.6 Å². The Kier molecular flexibility index (Phi) is 6.61. The minimum absolute atomic E-state index is 0.00893. The Hall–Kier alpha value is -2.72. The number of carbonyl (C=O) groups excluding carboxylic acids is 2. The number of fused-ring (bicyclic) bond motifs is 2. The zero-order chi connectivity index (χ0) is 22.8. The minimum Gasteiger partial charge on any atom is -0.464 e. The van der Waals surface area contributed by atoms with Gasteiger partial charge in [0.1, 0.15) is 5.82 Å². The Balaban J connectivity index is 1.78. The first kappa shape index (κ1) is 22.5. The topological polar surface area (TPSA) is 93.9 Å². The average molecular weight is 473 g/mol. The maximum Gasteiger partial charge on any atom is 0.358 e. The first-order valence-electron chi connectivity index (χ1n) is 10.3. The largest absolute Gasteiger partial charge is 0.464 e. The predicted octanol–water partition coefficient (Wildman–Crippen LogP) is 3.37. The number of nitrogens with zero attached hydrogens (tertiary/aromatic N) is 4. The molecule has 0 radical (unpaired) electrons. The summed E-state index contributed by atoms with van der Waals surface area (Å²) in [6.07, 6.45) is 5.29. The third kappa shape index (κ3) is 4.16. The van der Waals surface area contributed by atoms with Crippen LogP contribution in [0.4, 0.5) is 0 Å². The average Bonchev–Trinajstić information content (AvgIpc) is 3.39. The quantitative estimate of drug-likeness (QED) is 0.366. The zero-order valence-corrected chi connectivity index (χ0v) is 19.8. The summed E-state index contributed by atoms with van der Waals surface area (Å²) in [4.78, 5) is 36.2. The molecule has 1 atom stereocenters. The molecule has 0 saturated carbocycles. The molecule has 1 amide bonds. The van der Waals surface area contributed by atoms with Gasteiger partial charge in [0, 0.05) is 53.7 Å². The standard InChI is InChI=1S/C22H24N4O4S2/c1-4-5-10-32(29)13-31-18-17(22(28)30-3)24-19(26-9-8-23-20(18)26)14-6-7-16-15(11-14)12-25(2)21(16)27/h6-9,11H,4-5,10,12-13H2,1-3H3. The second-order valence-electron chi connectivity index (χ2n) is 7.52. The maximum atomic E-state index is 12.6. The van der Waals surface area contributed by atoms with Crippen LogP contribution in [0.3, 0.4) is 0 Å². The van der Waals surface area contributed by atoms with Crippen LogP contribution in [0.25, 0.3) is 17.0 Å². The van der Waals surface area contributed by atoms with E-state index in [1.807, 2.05) is 16.5 Å². The zero-order valence-electron chi connectivity index (χ0n) is 18.2. The number of esters is 1. The third-order valence-corrected chi connectivity index (χ3v) is 8.22. The molecular weight excluding hydrogens is 448 g/mol. The molecule has 3 heterocycles. The summed E-state index contributed by atoms with van der Waals surface area (Å²) in [5.41, 5.74) is 3.06. The lowest BCUT2D eigenvalue weighted by Crippen LogP contribution is -2.17. The number of benzene rings is 1. The van der Waals surface area contributed by atoms with Crippen molar-refractivity contribution in [3.8, 4) is 11.4 Å². The van der Waals surface area contributed by atoms with Crippen molar-refractivity contribution in [3.05, 3.63) is 47.4 Å². The van der Waals surface area contributed by atoms with Crippen molar-refractivity contribution >= 4 is 40.1 Å². The number of unbranched alkanes of at least 4 members (excludes halogenated alkanes) is 1. The highest BCUT2D eigenvalue weighted by Gasteiger charge is 2.27. The fourth-order valence-corrected chi connectivity index (χ4v) is 6.25. The van der Waals surface area contributed by atoms with E-state index in [9.17, 15) is 13.8 Å². The summed E-state index contributed by atoms with van der Waals surface area (Å²) in [6, 6.07) is 5.54. The molecular formula is C22H24N4O4S2. The van der Waals surface area contributed by atoms with Gasteiger partial charge in [-0.2, -0.15) is 0 Å². The number of thioether (sulfide) groups is 1. The van der Waals surface area contributed by atoms with E-state index < -0.39 is 16.8 Å². The molecule has 1 aliphatic rings. The van der Waals surface area contributed by atoms with Crippen LogP contribution >= 0.6 is 11.8 Å². The first-order valence-corrected chi connectivity index (χ1v) is 12.7. The molecule has 0 spiro atoms. The van der Waals surface area contributed by atoms with Crippen molar-refractivity contribution in [2.75, 3.05) is 25.0 Å². The number of hydrogen-bond donors (Lipinski definition) is 0. The number of ether oxygens (including phenoxy) is 1. The van der Waals surface area contributed by atoms with Crippen molar-refractivity contribution in [3.63, 3.8) is 0 Å². The van der Waals surface area contributed by atoms with E-state index in [4.69, 9.17) is 4.74 Å². The van der Waals surface area contributed by atoms with Crippen LogP contribution in [0, 0.1) is 0 Å². The van der Waals surface area contributed by atoms with E-state index in [0.29, 0.717) is 39.3 Å². The van der Waals surface area contributed by atoms with Gasteiger partial charge in [0.05, 0.1) is 17.1 Å². The smallest absolute Gasteiger partial charge is 0.358 e. The molecule has 0 saturated heterocycles. The normalized spacial score (nSPS) is 14.1. The van der Waals surface area contributed by atoms with Gasteiger partial charge in [0.15, 0.2) is 11.3 Å². The number of rotatable bonds is 8. The summed E-state index contributed by atoms with van der Waals surface area (Å²) >= 11 is 1.31. The molecule has 3 aromatic rings. The molecule has 0 aliphatic carbocycles. The third-order valence-electron chi connectivity index (χ3n) is 5.29. The molecule has 8 nitrogen and oxygen atoms in total. The lowest BCUT2D eigenvalue weighted by atomic mass is 10.1. The molecule has 168 valence electrons. The second-order valence-corrected chi connectivity index (χ2v) is 10.4. The molecule has 1 aliphatic heterocycles.